The first-order valence-corrected chi connectivity index (χ1v) is 6.96. The molecule has 1 aliphatic rings. The average molecular weight is 254 g/mol. The molecule has 1 fully saturated rings. The van der Waals surface area contributed by atoms with Crippen LogP contribution in [0.4, 0.5) is 0 Å². The summed E-state index contributed by atoms with van der Waals surface area (Å²) in [6, 6.07) is 0. The predicted molar refractivity (Wildman–Crippen MR) is 68.8 cm³/mol. The van der Waals surface area contributed by atoms with Crippen LogP contribution in [-0.4, -0.2) is 40.2 Å². The number of hydrogen-bond acceptors (Lipinski definition) is 4. The molecule has 0 spiro atoms. The van der Waals surface area contributed by atoms with Gasteiger partial charge in [0, 0.05) is 23.6 Å². The highest BCUT2D eigenvalue weighted by atomic mass is 32.2. The molecule has 0 atom stereocenters. The molecule has 0 radical (unpaired) electrons. The van der Waals surface area contributed by atoms with Crippen LogP contribution in [0.2, 0.25) is 0 Å². The Bertz CT molecular complexity index is 335. The van der Waals surface area contributed by atoms with Crippen LogP contribution < -0.4 is 10.6 Å². The lowest BCUT2D eigenvalue weighted by Gasteiger charge is -2.21. The van der Waals surface area contributed by atoms with Crippen LogP contribution in [0.15, 0.2) is 12.4 Å². The van der Waals surface area contributed by atoms with E-state index in [-0.39, 0.29) is 5.91 Å². The third-order valence-corrected chi connectivity index (χ3v) is 4.15. The number of rotatable bonds is 5. The first-order valence-electron chi connectivity index (χ1n) is 5.91. The summed E-state index contributed by atoms with van der Waals surface area (Å²) < 4.78 is 0. The highest BCUT2D eigenvalue weighted by Gasteiger charge is 2.14. The zero-order valence-electron chi connectivity index (χ0n) is 9.74. The summed E-state index contributed by atoms with van der Waals surface area (Å²) in [6.45, 7) is 2.71. The molecule has 17 heavy (non-hydrogen) atoms. The molecule has 0 saturated carbocycles. The van der Waals surface area contributed by atoms with E-state index in [4.69, 9.17) is 0 Å². The first kappa shape index (κ1) is 12.4. The number of H-pyrrole nitrogens is 1. The van der Waals surface area contributed by atoms with Gasteiger partial charge >= 0.3 is 0 Å². The van der Waals surface area contributed by atoms with Crippen molar-refractivity contribution in [3.05, 3.63) is 18.0 Å². The Morgan fingerprint density at radius 3 is 3.06 bits per heavy atom. The van der Waals surface area contributed by atoms with Gasteiger partial charge in [0.1, 0.15) is 0 Å². The van der Waals surface area contributed by atoms with Gasteiger partial charge in [-0.3, -0.25) is 9.89 Å². The van der Waals surface area contributed by atoms with Gasteiger partial charge < -0.3 is 10.6 Å². The van der Waals surface area contributed by atoms with Crippen LogP contribution in [0, 0.1) is 0 Å². The lowest BCUT2D eigenvalue weighted by atomic mass is 10.2. The molecule has 1 aliphatic heterocycles. The number of aromatic nitrogens is 2. The zero-order valence-corrected chi connectivity index (χ0v) is 10.6. The molecule has 3 N–H and O–H groups in total. The van der Waals surface area contributed by atoms with E-state index >= 15 is 0 Å². The van der Waals surface area contributed by atoms with E-state index in [1.807, 2.05) is 0 Å². The van der Waals surface area contributed by atoms with Gasteiger partial charge in [-0.25, -0.2) is 0 Å². The summed E-state index contributed by atoms with van der Waals surface area (Å²) in [5, 5.41) is 13.4. The second-order valence-electron chi connectivity index (χ2n) is 4.14. The number of nitrogens with one attached hydrogen (secondary N) is 3. The standard InChI is InChI=1S/C11H18N4OS/c16-11(13-5-9-6-14-15-7-9)8-17-10-1-3-12-4-2-10/h6-7,10,12H,1-5,8H2,(H,13,16)(H,14,15). The highest BCUT2D eigenvalue weighted by Crippen LogP contribution is 2.19. The quantitative estimate of drug-likeness (QED) is 0.716. The topological polar surface area (TPSA) is 69.8 Å². The zero-order chi connectivity index (χ0) is 11.9. The first-order chi connectivity index (χ1) is 8.34. The number of nitrogens with zero attached hydrogens (tertiary/aromatic N) is 1. The minimum Gasteiger partial charge on any atom is -0.351 e. The molecular weight excluding hydrogens is 236 g/mol. The van der Waals surface area contributed by atoms with Gasteiger partial charge in [-0.15, -0.1) is 11.8 Å². The number of amides is 1. The number of piperidine rings is 1. The Kier molecular flexibility index (Phi) is 4.88. The summed E-state index contributed by atoms with van der Waals surface area (Å²) in [5.74, 6) is 0.664. The second kappa shape index (κ2) is 6.66. The van der Waals surface area contributed by atoms with Crippen LogP contribution >= 0.6 is 11.8 Å². The Hall–Kier alpha value is -1.01. The summed E-state index contributed by atoms with van der Waals surface area (Å²) in [5.41, 5.74) is 1.00. The molecule has 94 valence electrons. The van der Waals surface area contributed by atoms with Crippen LogP contribution in [-0.2, 0) is 11.3 Å². The maximum atomic E-state index is 11.6. The lowest BCUT2D eigenvalue weighted by Crippen LogP contribution is -2.31. The fourth-order valence-electron chi connectivity index (χ4n) is 1.78. The van der Waals surface area contributed by atoms with Crippen LogP contribution in [0.5, 0.6) is 0 Å². The van der Waals surface area contributed by atoms with Crippen molar-refractivity contribution in [3.63, 3.8) is 0 Å². The Balaban J connectivity index is 1.60. The largest absolute Gasteiger partial charge is 0.351 e. The van der Waals surface area contributed by atoms with Crippen molar-refractivity contribution in [1.29, 1.82) is 0 Å². The number of thioether (sulfide) groups is 1. The molecule has 0 aromatic carbocycles. The maximum absolute atomic E-state index is 11.6. The smallest absolute Gasteiger partial charge is 0.230 e. The van der Waals surface area contributed by atoms with Crippen molar-refractivity contribution >= 4 is 17.7 Å². The molecule has 0 aliphatic carbocycles. The molecule has 0 bridgehead atoms. The number of hydrogen-bond donors (Lipinski definition) is 3. The molecule has 0 unspecified atom stereocenters. The molecule has 1 saturated heterocycles. The van der Waals surface area contributed by atoms with Gasteiger partial charge in [0.05, 0.1) is 11.9 Å². The molecule has 2 heterocycles. The van der Waals surface area contributed by atoms with Gasteiger partial charge in [-0.2, -0.15) is 5.10 Å². The maximum Gasteiger partial charge on any atom is 0.230 e. The second-order valence-corrected chi connectivity index (χ2v) is 5.43. The predicted octanol–water partition coefficient (Wildman–Crippen LogP) is 0.511. The van der Waals surface area contributed by atoms with Gasteiger partial charge in [-0.05, 0) is 25.9 Å². The summed E-state index contributed by atoms with van der Waals surface area (Å²) in [6.07, 6.45) is 5.85. The van der Waals surface area contributed by atoms with Crippen LogP contribution in [0.25, 0.3) is 0 Å². The Morgan fingerprint density at radius 1 is 1.53 bits per heavy atom. The van der Waals surface area contributed by atoms with Crippen molar-refractivity contribution in [3.8, 4) is 0 Å². The highest BCUT2D eigenvalue weighted by molar-refractivity contribution is 8.00. The normalized spacial score (nSPS) is 16.9. The van der Waals surface area contributed by atoms with Gasteiger partial charge in [-0.1, -0.05) is 0 Å². The number of carbonyl (C=O) groups excluding carboxylic acids is 1. The molecule has 1 aromatic rings. The third-order valence-electron chi connectivity index (χ3n) is 2.78. The summed E-state index contributed by atoms with van der Waals surface area (Å²) in [7, 11) is 0. The number of aromatic amines is 1. The Labute approximate surface area is 105 Å². The fourth-order valence-corrected chi connectivity index (χ4v) is 2.84. The molecule has 1 aromatic heterocycles. The van der Waals surface area contributed by atoms with E-state index in [9.17, 15) is 4.79 Å². The van der Waals surface area contributed by atoms with E-state index in [2.05, 4.69) is 20.8 Å². The van der Waals surface area contributed by atoms with Gasteiger partial charge in [0.15, 0.2) is 0 Å². The monoisotopic (exact) mass is 254 g/mol. The van der Waals surface area contributed by atoms with Crippen LogP contribution in [0.1, 0.15) is 18.4 Å². The van der Waals surface area contributed by atoms with Crippen molar-refractivity contribution in [2.24, 2.45) is 0 Å². The van der Waals surface area contributed by atoms with Crippen molar-refractivity contribution in [2.75, 3.05) is 18.8 Å². The van der Waals surface area contributed by atoms with E-state index in [0.717, 1.165) is 18.7 Å². The third kappa shape index (κ3) is 4.40. The molecule has 5 nitrogen and oxygen atoms in total. The molecular formula is C11H18N4OS. The van der Waals surface area contributed by atoms with E-state index < -0.39 is 0 Å². The van der Waals surface area contributed by atoms with Crippen molar-refractivity contribution in [2.45, 2.75) is 24.6 Å². The van der Waals surface area contributed by atoms with E-state index in [0.29, 0.717) is 17.5 Å². The SMILES string of the molecule is O=C(CSC1CCNCC1)NCc1cn[nH]c1. The number of carbonyl (C=O) groups is 1. The van der Waals surface area contributed by atoms with Crippen molar-refractivity contribution in [1.82, 2.24) is 20.8 Å². The molecule has 6 heteroatoms. The fraction of sp³-hybridized carbons (Fsp3) is 0.636. The van der Waals surface area contributed by atoms with Gasteiger partial charge in [0.25, 0.3) is 0 Å². The van der Waals surface area contributed by atoms with E-state index in [1.165, 1.54) is 12.8 Å². The molecule has 1 amide bonds. The average Bonchev–Trinajstić information content (AvgIpc) is 2.88. The van der Waals surface area contributed by atoms with Crippen molar-refractivity contribution < 1.29 is 4.79 Å². The minimum atomic E-state index is 0.106. The van der Waals surface area contributed by atoms with Crippen LogP contribution in [0.3, 0.4) is 0 Å². The summed E-state index contributed by atoms with van der Waals surface area (Å²) in [4.78, 5) is 11.6. The minimum absolute atomic E-state index is 0.106. The lowest BCUT2D eigenvalue weighted by molar-refractivity contribution is -0.118. The molecule has 2 rings (SSSR count). The van der Waals surface area contributed by atoms with E-state index in [1.54, 1.807) is 24.2 Å². The summed E-state index contributed by atoms with van der Waals surface area (Å²) >= 11 is 1.77. The van der Waals surface area contributed by atoms with Gasteiger partial charge in [0.2, 0.25) is 5.91 Å². The Morgan fingerprint density at radius 2 is 2.35 bits per heavy atom.